The van der Waals surface area contributed by atoms with Crippen LogP contribution >= 0.6 is 0 Å². The molecule has 2 amide bonds. The maximum atomic E-state index is 12.9. The van der Waals surface area contributed by atoms with Crippen molar-refractivity contribution in [2.24, 2.45) is 5.16 Å². The van der Waals surface area contributed by atoms with Crippen molar-refractivity contribution in [2.45, 2.75) is 25.9 Å². The van der Waals surface area contributed by atoms with Crippen LogP contribution in [0.15, 0.2) is 29.4 Å². The first-order valence-electron chi connectivity index (χ1n) is 8.38. The van der Waals surface area contributed by atoms with Gasteiger partial charge < -0.3 is 19.4 Å². The molecular weight excluding hydrogens is 322 g/mol. The highest BCUT2D eigenvalue weighted by Gasteiger charge is 2.45. The third-order valence-electron chi connectivity index (χ3n) is 4.74. The zero-order chi connectivity index (χ0) is 18.0. The van der Waals surface area contributed by atoms with Crippen LogP contribution in [-0.2, 0) is 14.4 Å². The van der Waals surface area contributed by atoms with Crippen LogP contribution in [0.4, 0.5) is 0 Å². The van der Waals surface area contributed by atoms with Gasteiger partial charge in [-0.1, -0.05) is 17.3 Å². The number of amides is 2. The first kappa shape index (κ1) is 17.3. The Labute approximate surface area is 147 Å². The minimum absolute atomic E-state index is 0.0391. The fourth-order valence-electron chi connectivity index (χ4n) is 3.24. The fraction of sp³-hybridized carbons (Fsp3) is 0.500. The third kappa shape index (κ3) is 3.31. The molecule has 0 N–H and O–H groups in total. The Bertz CT molecular complexity index is 710. The van der Waals surface area contributed by atoms with E-state index in [0.29, 0.717) is 44.1 Å². The van der Waals surface area contributed by atoms with Crippen LogP contribution < -0.4 is 4.74 Å². The van der Waals surface area contributed by atoms with Crippen LogP contribution in [0, 0.1) is 0 Å². The van der Waals surface area contributed by atoms with Gasteiger partial charge in [0.1, 0.15) is 5.75 Å². The van der Waals surface area contributed by atoms with Crippen molar-refractivity contribution in [2.75, 3.05) is 33.3 Å². The number of hydrogen-bond acceptors (Lipinski definition) is 5. The van der Waals surface area contributed by atoms with Crippen LogP contribution in [-0.4, -0.2) is 66.2 Å². The van der Waals surface area contributed by atoms with E-state index >= 15 is 0 Å². The Hall–Kier alpha value is -2.57. The quantitative estimate of drug-likeness (QED) is 0.827. The van der Waals surface area contributed by atoms with Gasteiger partial charge in [0.15, 0.2) is 0 Å². The standard InChI is InChI=1S/C18H23N3O4/c1-13(22)20-8-10-21(11-9-20)17(23)18(2)12-15(19-25-18)14-6-4-5-7-16(14)24-3/h4-7H,8-12H2,1-3H3. The van der Waals surface area contributed by atoms with E-state index in [0.717, 1.165) is 5.56 Å². The number of carbonyl (C=O) groups excluding carboxylic acids is 2. The second-order valence-corrected chi connectivity index (χ2v) is 6.54. The molecule has 2 heterocycles. The Morgan fingerprint density at radius 2 is 1.80 bits per heavy atom. The van der Waals surface area contributed by atoms with Gasteiger partial charge in [-0.15, -0.1) is 0 Å². The number of oxime groups is 1. The van der Waals surface area contributed by atoms with E-state index in [4.69, 9.17) is 9.57 Å². The molecule has 2 aliphatic heterocycles. The van der Waals surface area contributed by atoms with Gasteiger partial charge in [0, 0.05) is 45.1 Å². The van der Waals surface area contributed by atoms with E-state index in [2.05, 4.69) is 5.16 Å². The Morgan fingerprint density at radius 3 is 2.44 bits per heavy atom. The van der Waals surface area contributed by atoms with Gasteiger partial charge in [-0.3, -0.25) is 9.59 Å². The summed E-state index contributed by atoms with van der Waals surface area (Å²) in [4.78, 5) is 33.4. The molecule has 1 atom stereocenters. The van der Waals surface area contributed by atoms with Gasteiger partial charge in [0.05, 0.1) is 12.8 Å². The van der Waals surface area contributed by atoms with E-state index < -0.39 is 5.60 Å². The van der Waals surface area contributed by atoms with Crippen molar-refractivity contribution in [3.05, 3.63) is 29.8 Å². The van der Waals surface area contributed by atoms with Crippen molar-refractivity contribution in [1.29, 1.82) is 0 Å². The molecular formula is C18H23N3O4. The maximum absolute atomic E-state index is 12.9. The molecule has 1 fully saturated rings. The maximum Gasteiger partial charge on any atom is 0.269 e. The van der Waals surface area contributed by atoms with Gasteiger partial charge in [0.2, 0.25) is 11.5 Å². The zero-order valence-corrected chi connectivity index (χ0v) is 14.8. The molecule has 0 aliphatic carbocycles. The Kier molecular flexibility index (Phi) is 4.65. The number of benzene rings is 1. The normalized spacial score (nSPS) is 23.1. The number of nitrogens with zero attached hydrogens (tertiary/aromatic N) is 3. The largest absolute Gasteiger partial charge is 0.496 e. The molecule has 1 saturated heterocycles. The lowest BCUT2D eigenvalue weighted by molar-refractivity contribution is -0.156. The monoisotopic (exact) mass is 345 g/mol. The molecule has 1 aromatic rings. The molecule has 25 heavy (non-hydrogen) atoms. The van der Waals surface area contributed by atoms with E-state index in [-0.39, 0.29) is 11.8 Å². The predicted molar refractivity (Wildman–Crippen MR) is 92.5 cm³/mol. The summed E-state index contributed by atoms with van der Waals surface area (Å²) < 4.78 is 5.37. The molecule has 1 aromatic carbocycles. The minimum atomic E-state index is -1.02. The SMILES string of the molecule is COc1ccccc1C1=NOC(C)(C(=O)N2CCN(C(C)=O)CC2)C1. The molecule has 0 spiro atoms. The van der Waals surface area contributed by atoms with Crippen molar-refractivity contribution >= 4 is 17.5 Å². The lowest BCUT2D eigenvalue weighted by atomic mass is 9.94. The van der Waals surface area contributed by atoms with Crippen LogP contribution in [0.1, 0.15) is 25.8 Å². The summed E-state index contributed by atoms with van der Waals surface area (Å²) in [5.74, 6) is 0.651. The summed E-state index contributed by atoms with van der Waals surface area (Å²) in [6, 6.07) is 7.55. The predicted octanol–water partition coefficient (Wildman–Crippen LogP) is 1.27. The second-order valence-electron chi connectivity index (χ2n) is 6.54. The van der Waals surface area contributed by atoms with Gasteiger partial charge in [-0.25, -0.2) is 0 Å². The van der Waals surface area contributed by atoms with E-state index in [9.17, 15) is 9.59 Å². The first-order chi connectivity index (χ1) is 11.9. The molecule has 3 rings (SSSR count). The molecule has 0 bridgehead atoms. The van der Waals surface area contributed by atoms with Crippen LogP contribution in [0.25, 0.3) is 0 Å². The van der Waals surface area contributed by atoms with Gasteiger partial charge >= 0.3 is 0 Å². The average molecular weight is 345 g/mol. The summed E-state index contributed by atoms with van der Waals surface area (Å²) in [5.41, 5.74) is 0.521. The number of carbonyl (C=O) groups is 2. The Morgan fingerprint density at radius 1 is 1.16 bits per heavy atom. The fourth-order valence-corrected chi connectivity index (χ4v) is 3.24. The number of para-hydroxylation sites is 1. The van der Waals surface area contributed by atoms with Crippen LogP contribution in [0.3, 0.4) is 0 Å². The summed E-state index contributed by atoms with van der Waals surface area (Å²) in [7, 11) is 1.61. The summed E-state index contributed by atoms with van der Waals surface area (Å²) in [6.45, 7) is 5.45. The lowest BCUT2D eigenvalue weighted by Crippen LogP contribution is -2.55. The minimum Gasteiger partial charge on any atom is -0.496 e. The highest BCUT2D eigenvalue weighted by Crippen LogP contribution is 2.32. The van der Waals surface area contributed by atoms with E-state index in [1.165, 1.54) is 0 Å². The second kappa shape index (κ2) is 6.74. The highest BCUT2D eigenvalue weighted by molar-refractivity contribution is 6.07. The molecule has 1 unspecified atom stereocenters. The average Bonchev–Trinajstić information content (AvgIpc) is 3.04. The molecule has 0 radical (unpaired) electrons. The lowest BCUT2D eigenvalue weighted by Gasteiger charge is -2.37. The topological polar surface area (TPSA) is 71.4 Å². The molecule has 7 heteroatoms. The van der Waals surface area contributed by atoms with E-state index in [1.807, 2.05) is 24.3 Å². The third-order valence-corrected chi connectivity index (χ3v) is 4.74. The van der Waals surface area contributed by atoms with E-state index in [1.54, 1.807) is 30.8 Å². The van der Waals surface area contributed by atoms with Crippen LogP contribution in [0.5, 0.6) is 5.75 Å². The summed E-state index contributed by atoms with van der Waals surface area (Å²) >= 11 is 0. The van der Waals surface area contributed by atoms with Gasteiger partial charge in [-0.05, 0) is 19.1 Å². The van der Waals surface area contributed by atoms with Crippen molar-refractivity contribution in [3.8, 4) is 5.75 Å². The zero-order valence-electron chi connectivity index (χ0n) is 14.8. The number of hydrogen-bond donors (Lipinski definition) is 0. The highest BCUT2D eigenvalue weighted by atomic mass is 16.7. The van der Waals surface area contributed by atoms with Crippen LogP contribution in [0.2, 0.25) is 0 Å². The molecule has 134 valence electrons. The number of ether oxygens (including phenoxy) is 1. The molecule has 7 nitrogen and oxygen atoms in total. The number of piperazine rings is 1. The number of methoxy groups -OCH3 is 1. The molecule has 0 aromatic heterocycles. The summed E-state index contributed by atoms with van der Waals surface area (Å²) in [5, 5.41) is 4.15. The Balaban J connectivity index is 1.68. The van der Waals surface area contributed by atoms with Crippen molar-refractivity contribution < 1.29 is 19.2 Å². The number of rotatable bonds is 3. The van der Waals surface area contributed by atoms with Gasteiger partial charge in [0.25, 0.3) is 5.91 Å². The first-order valence-corrected chi connectivity index (χ1v) is 8.38. The molecule has 2 aliphatic rings. The summed E-state index contributed by atoms with van der Waals surface area (Å²) in [6.07, 6.45) is 0.388. The van der Waals surface area contributed by atoms with Gasteiger partial charge in [-0.2, -0.15) is 0 Å². The molecule has 0 saturated carbocycles. The smallest absolute Gasteiger partial charge is 0.269 e. The van der Waals surface area contributed by atoms with Crippen molar-refractivity contribution in [3.63, 3.8) is 0 Å². The van der Waals surface area contributed by atoms with Crippen molar-refractivity contribution in [1.82, 2.24) is 9.80 Å².